The Kier molecular flexibility index (Phi) is 3.23. The molecule has 0 saturated heterocycles. The quantitative estimate of drug-likeness (QED) is 0.839. The number of aryl methyl sites for hydroxylation is 1. The van der Waals surface area contributed by atoms with Crippen molar-refractivity contribution >= 4 is 5.97 Å². The molecule has 1 aromatic carbocycles. The van der Waals surface area contributed by atoms with Crippen molar-refractivity contribution in [2.24, 2.45) is 0 Å². The van der Waals surface area contributed by atoms with Gasteiger partial charge in [0, 0.05) is 0 Å². The molecule has 88 valence electrons. The zero-order valence-electron chi connectivity index (χ0n) is 8.25. The fraction of sp³-hybridized carbons (Fsp3) is 0.300. The lowest BCUT2D eigenvalue weighted by molar-refractivity contribution is -0.183. The van der Waals surface area contributed by atoms with Gasteiger partial charge in [-0.1, -0.05) is 6.07 Å². The van der Waals surface area contributed by atoms with E-state index in [2.05, 4.69) is 0 Å². The Bertz CT molecular complexity index is 418. The first-order chi connectivity index (χ1) is 7.26. The molecule has 0 bridgehead atoms. The highest BCUT2D eigenvalue weighted by atomic mass is 19.3. The number of rotatable bonds is 3. The second kappa shape index (κ2) is 4.13. The third-order valence-corrected chi connectivity index (χ3v) is 2.16. The Labute approximate surface area is 89.1 Å². The van der Waals surface area contributed by atoms with Crippen molar-refractivity contribution in [2.45, 2.75) is 19.0 Å². The van der Waals surface area contributed by atoms with Gasteiger partial charge in [0.15, 0.2) is 6.10 Å². The number of hydrogen-bond acceptors (Lipinski definition) is 2. The van der Waals surface area contributed by atoms with E-state index in [9.17, 15) is 23.1 Å². The van der Waals surface area contributed by atoms with Gasteiger partial charge in [-0.3, -0.25) is 0 Å². The smallest absolute Gasteiger partial charge is 0.377 e. The van der Waals surface area contributed by atoms with Crippen LogP contribution in [-0.2, 0) is 4.79 Å². The van der Waals surface area contributed by atoms with Crippen LogP contribution in [0.1, 0.15) is 17.2 Å². The Hall–Kier alpha value is -1.56. The molecule has 0 aliphatic rings. The Morgan fingerprint density at radius 1 is 1.44 bits per heavy atom. The van der Waals surface area contributed by atoms with Gasteiger partial charge in [-0.25, -0.2) is 9.18 Å². The summed E-state index contributed by atoms with van der Waals surface area (Å²) in [4.78, 5) is 10.2. The van der Waals surface area contributed by atoms with Crippen molar-refractivity contribution < 1.29 is 28.2 Å². The molecule has 0 radical (unpaired) electrons. The molecule has 0 heterocycles. The van der Waals surface area contributed by atoms with E-state index in [4.69, 9.17) is 5.11 Å². The van der Waals surface area contributed by atoms with Crippen LogP contribution in [0.2, 0.25) is 0 Å². The van der Waals surface area contributed by atoms with Crippen molar-refractivity contribution in [1.82, 2.24) is 0 Å². The maximum atomic E-state index is 13.0. The Balaban J connectivity index is 3.19. The minimum absolute atomic E-state index is 0.190. The number of alkyl halides is 2. The first kappa shape index (κ1) is 12.5. The number of carbonyl (C=O) groups is 1. The topological polar surface area (TPSA) is 57.5 Å². The monoisotopic (exact) mass is 234 g/mol. The summed E-state index contributed by atoms with van der Waals surface area (Å²) in [6, 6.07) is 2.91. The lowest BCUT2D eigenvalue weighted by atomic mass is 9.99. The molecule has 1 atom stereocenters. The largest absolute Gasteiger partial charge is 0.477 e. The van der Waals surface area contributed by atoms with E-state index in [0.29, 0.717) is 6.07 Å². The molecule has 0 saturated carbocycles. The van der Waals surface area contributed by atoms with Gasteiger partial charge >= 0.3 is 11.9 Å². The van der Waals surface area contributed by atoms with Gasteiger partial charge in [0.25, 0.3) is 0 Å². The van der Waals surface area contributed by atoms with Gasteiger partial charge in [0.2, 0.25) is 0 Å². The zero-order chi connectivity index (χ0) is 12.5. The van der Waals surface area contributed by atoms with Gasteiger partial charge in [0.05, 0.1) is 0 Å². The van der Waals surface area contributed by atoms with Crippen LogP contribution >= 0.6 is 0 Å². The Morgan fingerprint density at radius 2 is 2.00 bits per heavy atom. The molecule has 3 nitrogen and oxygen atoms in total. The number of halogens is 3. The molecule has 6 heteroatoms. The highest BCUT2D eigenvalue weighted by Gasteiger charge is 2.48. The summed E-state index contributed by atoms with van der Waals surface area (Å²) >= 11 is 0. The van der Waals surface area contributed by atoms with Gasteiger partial charge in [-0.05, 0) is 30.2 Å². The number of aliphatic hydroxyl groups is 1. The van der Waals surface area contributed by atoms with E-state index in [0.717, 1.165) is 6.07 Å². The molecule has 1 aromatic rings. The normalized spacial score (nSPS) is 13.6. The van der Waals surface area contributed by atoms with Gasteiger partial charge in [-0.15, -0.1) is 0 Å². The van der Waals surface area contributed by atoms with Crippen LogP contribution in [0.15, 0.2) is 18.2 Å². The van der Waals surface area contributed by atoms with E-state index in [1.165, 1.54) is 13.0 Å². The zero-order valence-corrected chi connectivity index (χ0v) is 8.25. The second-order valence-corrected chi connectivity index (χ2v) is 3.33. The number of carboxylic acids is 1. The molecule has 0 spiro atoms. The van der Waals surface area contributed by atoms with Crippen LogP contribution in [0.4, 0.5) is 13.2 Å². The average Bonchev–Trinajstić information content (AvgIpc) is 2.20. The summed E-state index contributed by atoms with van der Waals surface area (Å²) in [5, 5.41) is 17.5. The predicted octanol–water partition coefficient (Wildman–Crippen LogP) is 1.89. The van der Waals surface area contributed by atoms with Gasteiger partial charge in [-0.2, -0.15) is 8.78 Å². The van der Waals surface area contributed by atoms with E-state index >= 15 is 0 Å². The van der Waals surface area contributed by atoms with Crippen LogP contribution in [0.5, 0.6) is 0 Å². The summed E-state index contributed by atoms with van der Waals surface area (Å²) < 4.78 is 38.7. The highest BCUT2D eigenvalue weighted by Crippen LogP contribution is 2.33. The molecule has 0 amide bonds. The summed E-state index contributed by atoms with van der Waals surface area (Å²) in [6.45, 7) is 1.37. The Morgan fingerprint density at radius 3 is 2.50 bits per heavy atom. The van der Waals surface area contributed by atoms with Crippen molar-refractivity contribution in [1.29, 1.82) is 0 Å². The van der Waals surface area contributed by atoms with Crippen molar-refractivity contribution in [3.05, 3.63) is 35.1 Å². The lowest BCUT2D eigenvalue weighted by Gasteiger charge is -2.20. The predicted molar refractivity (Wildman–Crippen MR) is 48.7 cm³/mol. The molecular weight excluding hydrogens is 225 g/mol. The van der Waals surface area contributed by atoms with Crippen LogP contribution in [-0.4, -0.2) is 22.1 Å². The van der Waals surface area contributed by atoms with E-state index < -0.39 is 29.4 Å². The number of benzene rings is 1. The standard InChI is InChI=1S/C10H9F3O3/c1-5-2-3-6(11)4-7(5)8(14)10(12,13)9(15)16/h2-4,8,14H,1H3,(H,15,16). The minimum Gasteiger partial charge on any atom is -0.477 e. The number of carboxylic acid groups (broad SMARTS) is 1. The fourth-order valence-corrected chi connectivity index (χ4v) is 1.22. The summed E-state index contributed by atoms with van der Waals surface area (Å²) in [5.74, 6) is -7.62. The molecule has 0 aliphatic heterocycles. The molecule has 0 fully saturated rings. The van der Waals surface area contributed by atoms with E-state index in [1.807, 2.05) is 0 Å². The summed E-state index contributed by atoms with van der Waals surface area (Å²) in [7, 11) is 0. The lowest BCUT2D eigenvalue weighted by Crippen LogP contribution is -2.35. The van der Waals surface area contributed by atoms with Gasteiger partial charge < -0.3 is 10.2 Å². The fourth-order valence-electron chi connectivity index (χ4n) is 1.22. The molecule has 0 aliphatic carbocycles. The highest BCUT2D eigenvalue weighted by molar-refractivity contribution is 5.76. The number of aliphatic hydroxyl groups excluding tert-OH is 1. The molecule has 0 aromatic heterocycles. The van der Waals surface area contributed by atoms with Crippen molar-refractivity contribution in [3.8, 4) is 0 Å². The third kappa shape index (κ3) is 2.16. The maximum Gasteiger partial charge on any atom is 0.377 e. The molecule has 1 unspecified atom stereocenters. The molecule has 16 heavy (non-hydrogen) atoms. The average molecular weight is 234 g/mol. The van der Waals surface area contributed by atoms with Crippen LogP contribution in [0, 0.1) is 12.7 Å². The summed E-state index contributed by atoms with van der Waals surface area (Å²) in [6.07, 6.45) is -2.57. The van der Waals surface area contributed by atoms with E-state index in [-0.39, 0.29) is 5.56 Å². The van der Waals surface area contributed by atoms with Crippen LogP contribution < -0.4 is 0 Å². The van der Waals surface area contributed by atoms with E-state index in [1.54, 1.807) is 0 Å². The first-order valence-corrected chi connectivity index (χ1v) is 4.32. The van der Waals surface area contributed by atoms with Crippen molar-refractivity contribution in [3.63, 3.8) is 0 Å². The second-order valence-electron chi connectivity index (χ2n) is 3.33. The maximum absolute atomic E-state index is 13.0. The first-order valence-electron chi connectivity index (χ1n) is 4.32. The SMILES string of the molecule is Cc1ccc(F)cc1C(O)C(F)(F)C(=O)O. The molecule has 2 N–H and O–H groups in total. The van der Waals surface area contributed by atoms with Gasteiger partial charge in [0.1, 0.15) is 5.82 Å². The van der Waals surface area contributed by atoms with Crippen LogP contribution in [0.3, 0.4) is 0 Å². The minimum atomic E-state index is -4.35. The van der Waals surface area contributed by atoms with Crippen LogP contribution in [0.25, 0.3) is 0 Å². The number of hydrogen-bond donors (Lipinski definition) is 2. The van der Waals surface area contributed by atoms with Crippen molar-refractivity contribution in [2.75, 3.05) is 0 Å². The molecular formula is C10H9F3O3. The number of aliphatic carboxylic acids is 1. The summed E-state index contributed by atoms with van der Waals surface area (Å²) in [5.41, 5.74) is -0.248. The third-order valence-electron chi connectivity index (χ3n) is 2.16. The molecule has 1 rings (SSSR count).